The van der Waals surface area contributed by atoms with Crippen LogP contribution in [0.3, 0.4) is 0 Å². The summed E-state index contributed by atoms with van der Waals surface area (Å²) >= 11 is 0. The fraction of sp³-hybridized carbons (Fsp3) is 0.895. The molecule has 24 heavy (non-hydrogen) atoms. The smallest absolute Gasteiger partial charge is 0.410 e. The predicted molar refractivity (Wildman–Crippen MR) is 97.2 cm³/mol. The van der Waals surface area contributed by atoms with Crippen molar-refractivity contribution >= 4 is 12.1 Å². The summed E-state index contributed by atoms with van der Waals surface area (Å²) in [4.78, 5) is 25.2. The van der Waals surface area contributed by atoms with E-state index in [2.05, 4.69) is 6.92 Å². The van der Waals surface area contributed by atoms with E-state index in [4.69, 9.17) is 4.74 Å². The lowest BCUT2D eigenvalue weighted by Gasteiger charge is -2.31. The Morgan fingerprint density at radius 3 is 1.96 bits per heavy atom. The van der Waals surface area contributed by atoms with Gasteiger partial charge in [-0.15, -0.1) is 0 Å². The molecule has 0 saturated heterocycles. The Bertz CT molecular complexity index is 346. The molecule has 0 aromatic carbocycles. The number of rotatable bonds is 14. The fourth-order valence-corrected chi connectivity index (χ4v) is 2.87. The molecule has 0 aliphatic carbocycles. The first-order valence-electron chi connectivity index (χ1n) is 9.65. The highest BCUT2D eigenvalue weighted by atomic mass is 16.6. The Hall–Kier alpha value is -1.26. The van der Waals surface area contributed by atoms with Crippen LogP contribution in [0.2, 0.25) is 0 Å². The maximum absolute atomic E-state index is 12.2. The van der Waals surface area contributed by atoms with Gasteiger partial charge in [-0.3, -0.25) is 4.90 Å². The van der Waals surface area contributed by atoms with E-state index < -0.39 is 18.1 Å². The Balaban J connectivity index is 4.46. The largest absolute Gasteiger partial charge is 0.480 e. The Labute approximate surface area is 147 Å². The monoisotopic (exact) mass is 343 g/mol. The third kappa shape index (κ3) is 9.14. The number of carbonyl (C=O) groups excluding carboxylic acids is 1. The summed E-state index contributed by atoms with van der Waals surface area (Å²) < 4.78 is 5.08. The molecule has 0 radical (unpaired) electrons. The summed E-state index contributed by atoms with van der Waals surface area (Å²) in [5, 5.41) is 9.54. The number of ether oxygens (including phenoxy) is 1. The van der Waals surface area contributed by atoms with E-state index in [-0.39, 0.29) is 12.5 Å². The van der Waals surface area contributed by atoms with Gasteiger partial charge in [-0.1, -0.05) is 72.1 Å². The summed E-state index contributed by atoms with van der Waals surface area (Å²) in [5.41, 5.74) is 0. The van der Waals surface area contributed by atoms with E-state index in [9.17, 15) is 14.7 Å². The van der Waals surface area contributed by atoms with Gasteiger partial charge < -0.3 is 9.84 Å². The van der Waals surface area contributed by atoms with E-state index in [0.29, 0.717) is 13.0 Å². The standard InChI is InChI=1S/C19H37NO4/c1-5-8-9-10-11-12-13-14-15-20(19(23)24-7-3)17(18(21)22)16(4)6-2/h16-17H,5-15H2,1-4H3,(H,21,22). The number of amides is 1. The second-order valence-electron chi connectivity index (χ2n) is 6.54. The lowest BCUT2D eigenvalue weighted by atomic mass is 9.97. The topological polar surface area (TPSA) is 66.8 Å². The van der Waals surface area contributed by atoms with Crippen LogP contribution in [-0.2, 0) is 9.53 Å². The van der Waals surface area contributed by atoms with Gasteiger partial charge in [0.1, 0.15) is 6.04 Å². The van der Waals surface area contributed by atoms with E-state index in [0.717, 1.165) is 19.3 Å². The number of hydrogen-bond acceptors (Lipinski definition) is 3. The van der Waals surface area contributed by atoms with Crippen molar-refractivity contribution in [2.24, 2.45) is 5.92 Å². The summed E-state index contributed by atoms with van der Waals surface area (Å²) in [7, 11) is 0. The molecule has 0 bridgehead atoms. The zero-order chi connectivity index (χ0) is 18.4. The highest BCUT2D eigenvalue weighted by Crippen LogP contribution is 2.18. The van der Waals surface area contributed by atoms with Crippen LogP contribution in [0.25, 0.3) is 0 Å². The molecule has 0 saturated carbocycles. The molecular formula is C19H37NO4. The number of unbranched alkanes of at least 4 members (excludes halogenated alkanes) is 7. The van der Waals surface area contributed by atoms with E-state index in [1.54, 1.807) is 6.92 Å². The second-order valence-corrected chi connectivity index (χ2v) is 6.54. The zero-order valence-electron chi connectivity index (χ0n) is 16.1. The van der Waals surface area contributed by atoms with Crippen molar-refractivity contribution in [3.05, 3.63) is 0 Å². The molecule has 142 valence electrons. The third-order valence-corrected chi connectivity index (χ3v) is 4.53. The first-order valence-corrected chi connectivity index (χ1v) is 9.65. The highest BCUT2D eigenvalue weighted by Gasteiger charge is 2.34. The molecule has 0 aromatic rings. The number of nitrogens with zero attached hydrogens (tertiary/aromatic N) is 1. The third-order valence-electron chi connectivity index (χ3n) is 4.53. The number of aliphatic carboxylic acids is 1. The average molecular weight is 344 g/mol. The van der Waals surface area contributed by atoms with Gasteiger partial charge in [0.05, 0.1) is 6.61 Å². The van der Waals surface area contributed by atoms with Gasteiger partial charge in [-0.05, 0) is 19.3 Å². The summed E-state index contributed by atoms with van der Waals surface area (Å²) in [6.07, 6.45) is 9.52. The maximum Gasteiger partial charge on any atom is 0.410 e. The second kappa shape index (κ2) is 14.1. The van der Waals surface area contributed by atoms with Crippen LogP contribution in [0.5, 0.6) is 0 Å². The van der Waals surface area contributed by atoms with Gasteiger partial charge in [0.2, 0.25) is 0 Å². The molecule has 0 heterocycles. The van der Waals surface area contributed by atoms with E-state index >= 15 is 0 Å². The maximum atomic E-state index is 12.2. The Morgan fingerprint density at radius 1 is 0.958 bits per heavy atom. The van der Waals surface area contributed by atoms with Crippen molar-refractivity contribution in [3.8, 4) is 0 Å². The highest BCUT2D eigenvalue weighted by molar-refractivity contribution is 5.80. The number of carboxylic acid groups (broad SMARTS) is 1. The van der Waals surface area contributed by atoms with Gasteiger partial charge in [0.15, 0.2) is 0 Å². The van der Waals surface area contributed by atoms with E-state index in [1.807, 2.05) is 13.8 Å². The summed E-state index contributed by atoms with van der Waals surface area (Å²) in [6.45, 7) is 8.49. The van der Waals surface area contributed by atoms with Crippen molar-refractivity contribution in [1.82, 2.24) is 4.90 Å². The molecule has 1 amide bonds. The number of carbonyl (C=O) groups is 2. The Kier molecular flexibility index (Phi) is 13.4. The van der Waals surface area contributed by atoms with Crippen LogP contribution in [-0.4, -0.2) is 41.3 Å². The molecule has 0 fully saturated rings. The van der Waals surface area contributed by atoms with Crippen LogP contribution < -0.4 is 0 Å². The Morgan fingerprint density at radius 2 is 1.50 bits per heavy atom. The summed E-state index contributed by atoms with van der Waals surface area (Å²) in [5.74, 6) is -1.04. The van der Waals surface area contributed by atoms with Crippen LogP contribution in [0.4, 0.5) is 4.79 Å². The molecule has 0 spiro atoms. The SMILES string of the molecule is CCCCCCCCCCN(C(=O)OCC)C(C(=O)O)C(C)CC. The molecule has 2 atom stereocenters. The first kappa shape index (κ1) is 22.7. The molecule has 0 aliphatic heterocycles. The molecule has 0 aliphatic rings. The van der Waals surface area contributed by atoms with Crippen LogP contribution in [0.1, 0.15) is 85.5 Å². The minimum atomic E-state index is -0.947. The lowest BCUT2D eigenvalue weighted by Crippen LogP contribution is -2.49. The normalized spacial score (nSPS) is 13.3. The van der Waals surface area contributed by atoms with Gasteiger partial charge in [-0.2, -0.15) is 0 Å². The molecule has 0 rings (SSSR count). The van der Waals surface area contributed by atoms with Gasteiger partial charge in [-0.25, -0.2) is 9.59 Å². The van der Waals surface area contributed by atoms with Crippen molar-refractivity contribution in [3.63, 3.8) is 0 Å². The quantitative estimate of drug-likeness (QED) is 0.446. The molecule has 1 N–H and O–H groups in total. The van der Waals surface area contributed by atoms with Crippen molar-refractivity contribution in [2.75, 3.05) is 13.2 Å². The van der Waals surface area contributed by atoms with Gasteiger partial charge >= 0.3 is 12.1 Å². The minimum Gasteiger partial charge on any atom is -0.480 e. The van der Waals surface area contributed by atoms with Crippen LogP contribution in [0, 0.1) is 5.92 Å². The van der Waals surface area contributed by atoms with Gasteiger partial charge in [0, 0.05) is 6.54 Å². The van der Waals surface area contributed by atoms with Crippen molar-refractivity contribution in [1.29, 1.82) is 0 Å². The van der Waals surface area contributed by atoms with Crippen molar-refractivity contribution in [2.45, 2.75) is 91.5 Å². The fourth-order valence-electron chi connectivity index (χ4n) is 2.87. The lowest BCUT2D eigenvalue weighted by molar-refractivity contribution is -0.144. The van der Waals surface area contributed by atoms with Crippen molar-refractivity contribution < 1.29 is 19.4 Å². The molecule has 0 aromatic heterocycles. The predicted octanol–water partition coefficient (Wildman–Crippen LogP) is 5.08. The van der Waals surface area contributed by atoms with Crippen LogP contribution >= 0.6 is 0 Å². The first-order chi connectivity index (χ1) is 11.5. The number of carboxylic acids is 1. The molecular weight excluding hydrogens is 306 g/mol. The summed E-state index contributed by atoms with van der Waals surface area (Å²) in [6, 6.07) is -0.807. The average Bonchev–Trinajstić information content (AvgIpc) is 2.55. The zero-order valence-corrected chi connectivity index (χ0v) is 16.1. The molecule has 5 heteroatoms. The number of hydrogen-bond donors (Lipinski definition) is 1. The molecule has 2 unspecified atom stereocenters. The van der Waals surface area contributed by atoms with Crippen LogP contribution in [0.15, 0.2) is 0 Å². The van der Waals surface area contributed by atoms with E-state index in [1.165, 1.54) is 37.0 Å². The van der Waals surface area contributed by atoms with Gasteiger partial charge in [0.25, 0.3) is 0 Å². The molecule has 5 nitrogen and oxygen atoms in total. The minimum absolute atomic E-state index is 0.0963.